The molecule has 0 fully saturated rings. The monoisotopic (exact) mass is 504 g/mol. The lowest BCUT2D eigenvalue weighted by Crippen LogP contribution is -2.39. The third kappa shape index (κ3) is 5.24. The molecule has 0 aliphatic rings. The number of benzene rings is 4. The van der Waals surface area contributed by atoms with Gasteiger partial charge in [-0.15, -0.1) is 0 Å². The van der Waals surface area contributed by atoms with Crippen molar-refractivity contribution < 1.29 is 4.74 Å². The van der Waals surface area contributed by atoms with E-state index in [2.05, 4.69) is 78.2 Å². The summed E-state index contributed by atoms with van der Waals surface area (Å²) in [5, 5.41) is 9.42. The van der Waals surface area contributed by atoms with Gasteiger partial charge in [-0.05, 0) is 67.3 Å². The molecule has 5 rings (SSSR count). The molecule has 0 saturated heterocycles. The molecule has 0 saturated carbocycles. The molecule has 2 N–H and O–H groups in total. The van der Waals surface area contributed by atoms with E-state index in [1.54, 1.807) is 0 Å². The van der Waals surface area contributed by atoms with Crippen molar-refractivity contribution >= 4 is 22.1 Å². The summed E-state index contributed by atoms with van der Waals surface area (Å²) < 4.78 is 5.76. The van der Waals surface area contributed by atoms with Gasteiger partial charge in [0, 0.05) is 11.7 Å². The van der Waals surface area contributed by atoms with E-state index in [0.29, 0.717) is 5.69 Å². The predicted octanol–water partition coefficient (Wildman–Crippen LogP) is 6.80. The van der Waals surface area contributed by atoms with Crippen molar-refractivity contribution in [2.75, 3.05) is 5.32 Å². The van der Waals surface area contributed by atoms with E-state index in [9.17, 15) is 9.59 Å². The Morgan fingerprint density at radius 2 is 1.39 bits per heavy atom. The van der Waals surface area contributed by atoms with Gasteiger partial charge in [-0.3, -0.25) is 14.9 Å². The molecule has 0 bridgehead atoms. The summed E-state index contributed by atoms with van der Waals surface area (Å²) >= 11 is 0. The van der Waals surface area contributed by atoms with Crippen LogP contribution in [0.3, 0.4) is 0 Å². The van der Waals surface area contributed by atoms with Gasteiger partial charge in [0.2, 0.25) is 0 Å². The van der Waals surface area contributed by atoms with Gasteiger partial charge >= 0.3 is 0 Å². The first-order valence-corrected chi connectivity index (χ1v) is 12.9. The van der Waals surface area contributed by atoms with Crippen LogP contribution in [0.25, 0.3) is 10.8 Å². The minimum atomic E-state index is -0.591. The Balaban J connectivity index is 1.48. The highest BCUT2D eigenvalue weighted by molar-refractivity contribution is 5.86. The minimum Gasteiger partial charge on any atom is -0.482 e. The van der Waals surface area contributed by atoms with Crippen LogP contribution in [0.1, 0.15) is 56.5 Å². The molecule has 0 heterocycles. The summed E-state index contributed by atoms with van der Waals surface area (Å²) in [6, 6.07) is 33.0. The summed E-state index contributed by atoms with van der Waals surface area (Å²) in [6.07, 6.45) is 0. The third-order valence-electron chi connectivity index (χ3n) is 6.60. The molecular weight excluding hydrogens is 472 g/mol. The highest BCUT2D eigenvalue weighted by atomic mass is 16.5. The second kappa shape index (κ2) is 10.3. The van der Waals surface area contributed by atoms with Crippen molar-refractivity contribution in [1.82, 2.24) is 5.32 Å². The quantitative estimate of drug-likeness (QED) is 0.228. The highest BCUT2D eigenvalue weighted by Gasteiger charge is 2.27. The van der Waals surface area contributed by atoms with Gasteiger partial charge in [0.05, 0.1) is 6.04 Å². The maximum atomic E-state index is 12.3. The van der Waals surface area contributed by atoms with Crippen LogP contribution < -0.4 is 26.2 Å². The summed E-state index contributed by atoms with van der Waals surface area (Å²) in [7, 11) is 0. The van der Waals surface area contributed by atoms with Crippen molar-refractivity contribution in [2.24, 2.45) is 0 Å². The van der Waals surface area contributed by atoms with Crippen LogP contribution in [-0.4, -0.2) is 5.60 Å². The molecule has 5 aromatic rings. The Hall–Kier alpha value is -4.22. The molecule has 2 atom stereocenters. The second-order valence-corrected chi connectivity index (χ2v) is 10.6. The third-order valence-corrected chi connectivity index (χ3v) is 6.60. The molecule has 0 aliphatic heterocycles. The van der Waals surface area contributed by atoms with E-state index >= 15 is 0 Å². The van der Waals surface area contributed by atoms with Crippen LogP contribution in [0.4, 0.5) is 11.4 Å². The zero-order valence-electron chi connectivity index (χ0n) is 22.1. The standard InChI is InChI=1S/C33H32N2O3/c1-21(26-19-11-15-22-12-8-9-18-27(22)26)34-28(23-13-6-5-7-14-23)24-16-10-17-25(20-24)35-29-30(36)31(37)32(29)38-33(2,3)4/h5-21,28,34-35H,1-4H3/t21-,28?/m1/s1. The lowest BCUT2D eigenvalue weighted by molar-refractivity contribution is 0.128. The van der Waals surface area contributed by atoms with Gasteiger partial charge in [0.15, 0.2) is 5.75 Å². The molecule has 0 radical (unpaired) electrons. The maximum absolute atomic E-state index is 12.3. The van der Waals surface area contributed by atoms with Crippen LogP contribution in [0.5, 0.6) is 5.75 Å². The predicted molar refractivity (Wildman–Crippen MR) is 155 cm³/mol. The molecule has 5 heteroatoms. The Morgan fingerprint density at radius 1 is 0.737 bits per heavy atom. The summed E-state index contributed by atoms with van der Waals surface area (Å²) in [6.45, 7) is 7.73. The lowest BCUT2D eigenvalue weighted by atomic mass is 9.94. The molecule has 0 aromatic heterocycles. The van der Waals surface area contributed by atoms with Crippen molar-refractivity contribution in [3.8, 4) is 5.75 Å². The van der Waals surface area contributed by atoms with Gasteiger partial charge in [-0.2, -0.15) is 0 Å². The molecule has 192 valence electrons. The fourth-order valence-electron chi connectivity index (χ4n) is 4.83. The molecule has 5 aromatic carbocycles. The average molecular weight is 505 g/mol. The van der Waals surface area contributed by atoms with Crippen molar-refractivity contribution in [1.29, 1.82) is 0 Å². The van der Waals surface area contributed by atoms with Gasteiger partial charge in [-0.25, -0.2) is 0 Å². The molecule has 0 amide bonds. The van der Waals surface area contributed by atoms with E-state index in [4.69, 9.17) is 4.74 Å². The number of rotatable bonds is 8. The smallest absolute Gasteiger partial charge is 0.272 e. The fourth-order valence-corrected chi connectivity index (χ4v) is 4.83. The lowest BCUT2D eigenvalue weighted by Gasteiger charge is -2.26. The topological polar surface area (TPSA) is 67.4 Å². The van der Waals surface area contributed by atoms with Crippen molar-refractivity contribution in [3.63, 3.8) is 0 Å². The highest BCUT2D eigenvalue weighted by Crippen LogP contribution is 2.32. The average Bonchev–Trinajstić information content (AvgIpc) is 2.93. The van der Waals surface area contributed by atoms with Crippen LogP contribution in [0, 0.1) is 0 Å². The number of hydrogen-bond acceptors (Lipinski definition) is 5. The molecule has 0 spiro atoms. The molecule has 0 aliphatic carbocycles. The van der Waals surface area contributed by atoms with E-state index < -0.39 is 16.5 Å². The van der Waals surface area contributed by atoms with Crippen molar-refractivity contribution in [2.45, 2.75) is 45.4 Å². The zero-order valence-corrected chi connectivity index (χ0v) is 22.1. The maximum Gasteiger partial charge on any atom is 0.272 e. The normalized spacial score (nSPS) is 13.4. The SMILES string of the molecule is C[C@@H](NC(c1ccccc1)c1cccc(Nc2c(OC(C)(C)C)c(=O)c2=O)c1)c1cccc2ccccc12. The Bertz CT molecular complexity index is 1640. The largest absolute Gasteiger partial charge is 0.482 e. The van der Waals surface area contributed by atoms with Gasteiger partial charge < -0.3 is 10.1 Å². The van der Waals surface area contributed by atoms with E-state index in [1.165, 1.54) is 16.3 Å². The van der Waals surface area contributed by atoms with E-state index in [0.717, 1.165) is 11.1 Å². The summed E-state index contributed by atoms with van der Waals surface area (Å²) in [5.74, 6) is 0.0928. The zero-order chi connectivity index (χ0) is 26.9. The van der Waals surface area contributed by atoms with Gasteiger partial charge in [-0.1, -0.05) is 84.9 Å². The number of ether oxygens (including phenoxy) is 1. The number of fused-ring (bicyclic) bond motifs is 1. The van der Waals surface area contributed by atoms with Crippen LogP contribution in [0.15, 0.2) is 107 Å². The molecule has 5 nitrogen and oxygen atoms in total. The van der Waals surface area contributed by atoms with Crippen molar-refractivity contribution in [3.05, 3.63) is 134 Å². The molecule has 38 heavy (non-hydrogen) atoms. The first-order valence-electron chi connectivity index (χ1n) is 12.9. The number of nitrogens with one attached hydrogen (secondary N) is 2. The second-order valence-electron chi connectivity index (χ2n) is 10.6. The first kappa shape index (κ1) is 25.4. The Labute approximate surface area is 222 Å². The number of anilines is 2. The van der Waals surface area contributed by atoms with Crippen LogP contribution in [-0.2, 0) is 0 Å². The van der Waals surface area contributed by atoms with E-state index in [-0.39, 0.29) is 23.5 Å². The summed E-state index contributed by atoms with van der Waals surface area (Å²) in [5.41, 5.74) is 2.58. The Kier molecular flexibility index (Phi) is 6.87. The molecule has 1 unspecified atom stereocenters. The van der Waals surface area contributed by atoms with Crippen LogP contribution >= 0.6 is 0 Å². The fraction of sp³-hybridized carbons (Fsp3) is 0.212. The molecular formula is C33H32N2O3. The summed E-state index contributed by atoms with van der Waals surface area (Å²) in [4.78, 5) is 24.5. The Morgan fingerprint density at radius 3 is 2.16 bits per heavy atom. The van der Waals surface area contributed by atoms with Gasteiger partial charge in [0.1, 0.15) is 11.3 Å². The van der Waals surface area contributed by atoms with Gasteiger partial charge in [0.25, 0.3) is 10.9 Å². The first-order chi connectivity index (χ1) is 18.2. The number of hydrogen-bond donors (Lipinski definition) is 2. The van der Waals surface area contributed by atoms with Crippen LogP contribution in [0.2, 0.25) is 0 Å². The van der Waals surface area contributed by atoms with E-state index in [1.807, 2.05) is 57.2 Å². The minimum absolute atomic E-state index is 0.0586.